The van der Waals surface area contributed by atoms with Crippen molar-refractivity contribution in [1.82, 2.24) is 0 Å². The van der Waals surface area contributed by atoms with Crippen LogP contribution in [0, 0.1) is 5.82 Å². The van der Waals surface area contributed by atoms with E-state index in [-0.39, 0.29) is 11.6 Å². The summed E-state index contributed by atoms with van der Waals surface area (Å²) in [6, 6.07) is 14.1. The zero-order valence-corrected chi connectivity index (χ0v) is 13.0. The summed E-state index contributed by atoms with van der Waals surface area (Å²) in [4.78, 5) is 11.7. The Kier molecular flexibility index (Phi) is 5.61. The number of rotatable bonds is 5. The van der Waals surface area contributed by atoms with Crippen LogP contribution in [-0.2, 0) is 10.5 Å². The molecule has 0 atom stereocenters. The molecule has 2 nitrogen and oxygen atoms in total. The number of para-hydroxylation sites is 1. The van der Waals surface area contributed by atoms with Crippen molar-refractivity contribution in [1.29, 1.82) is 0 Å². The molecule has 20 heavy (non-hydrogen) atoms. The van der Waals surface area contributed by atoms with E-state index < -0.39 is 5.82 Å². The van der Waals surface area contributed by atoms with E-state index in [2.05, 4.69) is 21.2 Å². The molecule has 0 aliphatic carbocycles. The molecule has 0 saturated carbocycles. The van der Waals surface area contributed by atoms with E-state index in [0.717, 1.165) is 15.8 Å². The number of thioether (sulfide) groups is 1. The van der Waals surface area contributed by atoms with Crippen molar-refractivity contribution in [3.8, 4) is 0 Å². The first-order valence-electron chi connectivity index (χ1n) is 6.02. The van der Waals surface area contributed by atoms with E-state index in [1.807, 2.05) is 24.3 Å². The number of amides is 1. The zero-order valence-electron chi connectivity index (χ0n) is 10.6. The summed E-state index contributed by atoms with van der Waals surface area (Å²) in [5.74, 6) is 0.415. The van der Waals surface area contributed by atoms with Crippen LogP contribution in [0.1, 0.15) is 5.56 Å². The largest absolute Gasteiger partial charge is 0.323 e. The van der Waals surface area contributed by atoms with Crippen LogP contribution >= 0.6 is 27.7 Å². The second kappa shape index (κ2) is 7.45. The first kappa shape index (κ1) is 15.1. The molecule has 0 bridgehead atoms. The van der Waals surface area contributed by atoms with Crippen LogP contribution in [0.25, 0.3) is 0 Å². The van der Waals surface area contributed by atoms with Crippen LogP contribution in [0.3, 0.4) is 0 Å². The molecule has 0 spiro atoms. The Morgan fingerprint density at radius 3 is 2.75 bits per heavy atom. The summed E-state index contributed by atoms with van der Waals surface area (Å²) in [6.07, 6.45) is 0. The van der Waals surface area contributed by atoms with Gasteiger partial charge in [0.05, 0.1) is 11.4 Å². The van der Waals surface area contributed by atoms with Gasteiger partial charge in [0.2, 0.25) is 5.91 Å². The van der Waals surface area contributed by atoms with Gasteiger partial charge in [-0.1, -0.05) is 40.2 Å². The highest BCUT2D eigenvalue weighted by atomic mass is 79.9. The lowest BCUT2D eigenvalue weighted by Gasteiger charge is -2.06. The van der Waals surface area contributed by atoms with E-state index in [1.54, 1.807) is 18.2 Å². The molecule has 2 aromatic carbocycles. The Labute approximate surface area is 129 Å². The molecule has 0 unspecified atom stereocenters. The zero-order chi connectivity index (χ0) is 14.4. The van der Waals surface area contributed by atoms with Crippen LogP contribution in [0.5, 0.6) is 0 Å². The third-order valence-electron chi connectivity index (χ3n) is 2.54. The Morgan fingerprint density at radius 2 is 2.00 bits per heavy atom. The van der Waals surface area contributed by atoms with Gasteiger partial charge in [-0.2, -0.15) is 0 Å². The molecule has 1 N–H and O–H groups in total. The normalized spacial score (nSPS) is 10.3. The predicted octanol–water partition coefficient (Wildman–Crippen LogP) is 4.46. The van der Waals surface area contributed by atoms with Gasteiger partial charge in [-0.05, 0) is 29.8 Å². The van der Waals surface area contributed by atoms with Crippen molar-refractivity contribution in [2.45, 2.75) is 5.75 Å². The predicted molar refractivity (Wildman–Crippen MR) is 85.3 cm³/mol. The van der Waals surface area contributed by atoms with Crippen molar-refractivity contribution in [3.05, 3.63) is 64.4 Å². The summed E-state index contributed by atoms with van der Waals surface area (Å²) in [7, 11) is 0. The Balaban J connectivity index is 1.80. The van der Waals surface area contributed by atoms with E-state index >= 15 is 0 Å². The van der Waals surface area contributed by atoms with Gasteiger partial charge in [0.15, 0.2) is 0 Å². The molecular weight excluding hydrogens is 341 g/mol. The van der Waals surface area contributed by atoms with Gasteiger partial charge in [-0.3, -0.25) is 4.79 Å². The highest BCUT2D eigenvalue weighted by Crippen LogP contribution is 2.18. The SMILES string of the molecule is O=C(CSCc1cccc(Br)c1)Nc1ccccc1F. The fraction of sp³-hybridized carbons (Fsp3) is 0.133. The number of carbonyl (C=O) groups excluding carboxylic acids is 1. The van der Waals surface area contributed by atoms with Gasteiger partial charge < -0.3 is 5.32 Å². The second-order valence-electron chi connectivity index (χ2n) is 4.15. The number of hydrogen-bond acceptors (Lipinski definition) is 2. The molecule has 2 aromatic rings. The first-order chi connectivity index (χ1) is 9.65. The van der Waals surface area contributed by atoms with E-state index in [1.165, 1.54) is 17.8 Å². The van der Waals surface area contributed by atoms with Crippen LogP contribution in [0.4, 0.5) is 10.1 Å². The highest BCUT2D eigenvalue weighted by Gasteiger charge is 2.06. The molecule has 0 aliphatic heterocycles. The molecule has 2 rings (SSSR count). The fourth-order valence-corrected chi connectivity index (χ4v) is 2.86. The maximum Gasteiger partial charge on any atom is 0.234 e. The minimum atomic E-state index is -0.419. The molecule has 5 heteroatoms. The molecule has 1 amide bonds. The minimum Gasteiger partial charge on any atom is -0.323 e. The maximum absolute atomic E-state index is 13.4. The van der Waals surface area contributed by atoms with E-state index in [9.17, 15) is 9.18 Å². The minimum absolute atomic E-state index is 0.199. The summed E-state index contributed by atoms with van der Waals surface area (Å²) in [5, 5.41) is 2.56. The number of nitrogens with one attached hydrogen (secondary N) is 1. The van der Waals surface area contributed by atoms with Gasteiger partial charge in [0.1, 0.15) is 5.82 Å². The fourth-order valence-electron chi connectivity index (χ4n) is 1.64. The quantitative estimate of drug-likeness (QED) is 0.859. The molecule has 0 saturated heterocycles. The van der Waals surface area contributed by atoms with Crippen molar-refractivity contribution < 1.29 is 9.18 Å². The van der Waals surface area contributed by atoms with Crippen molar-refractivity contribution >= 4 is 39.3 Å². The molecular formula is C15H13BrFNOS. The lowest BCUT2D eigenvalue weighted by Crippen LogP contribution is -2.15. The smallest absolute Gasteiger partial charge is 0.234 e. The van der Waals surface area contributed by atoms with Crippen LogP contribution in [0.2, 0.25) is 0 Å². The number of anilines is 1. The standard InChI is InChI=1S/C15H13BrFNOS/c16-12-5-3-4-11(8-12)9-20-10-15(19)18-14-7-2-1-6-13(14)17/h1-8H,9-10H2,(H,18,19). The van der Waals surface area contributed by atoms with Gasteiger partial charge >= 0.3 is 0 Å². The monoisotopic (exact) mass is 353 g/mol. The molecule has 0 radical (unpaired) electrons. The van der Waals surface area contributed by atoms with Crippen molar-refractivity contribution in [2.75, 3.05) is 11.1 Å². The summed E-state index contributed by atoms with van der Waals surface area (Å²) in [6.45, 7) is 0. The summed E-state index contributed by atoms with van der Waals surface area (Å²) >= 11 is 4.90. The van der Waals surface area contributed by atoms with Gasteiger partial charge in [0.25, 0.3) is 0 Å². The molecule has 0 aliphatic rings. The summed E-state index contributed by atoms with van der Waals surface area (Å²) < 4.78 is 14.4. The number of carbonyl (C=O) groups is 1. The third-order valence-corrected chi connectivity index (χ3v) is 4.04. The van der Waals surface area contributed by atoms with E-state index in [4.69, 9.17) is 0 Å². The van der Waals surface area contributed by atoms with Gasteiger partial charge in [-0.15, -0.1) is 11.8 Å². The average Bonchev–Trinajstić information content (AvgIpc) is 2.41. The van der Waals surface area contributed by atoms with Crippen molar-refractivity contribution in [3.63, 3.8) is 0 Å². The molecule has 0 aromatic heterocycles. The Hall–Kier alpha value is -1.33. The van der Waals surface area contributed by atoms with E-state index in [0.29, 0.717) is 5.75 Å². The third kappa shape index (κ3) is 4.65. The number of halogens is 2. The van der Waals surface area contributed by atoms with Crippen molar-refractivity contribution in [2.24, 2.45) is 0 Å². The maximum atomic E-state index is 13.4. The average molecular weight is 354 g/mol. The lowest BCUT2D eigenvalue weighted by atomic mass is 10.2. The van der Waals surface area contributed by atoms with Crippen LogP contribution in [-0.4, -0.2) is 11.7 Å². The number of hydrogen-bond donors (Lipinski definition) is 1. The Morgan fingerprint density at radius 1 is 1.20 bits per heavy atom. The second-order valence-corrected chi connectivity index (χ2v) is 6.05. The lowest BCUT2D eigenvalue weighted by molar-refractivity contribution is -0.113. The van der Waals surface area contributed by atoms with Crippen LogP contribution < -0.4 is 5.32 Å². The first-order valence-corrected chi connectivity index (χ1v) is 7.96. The summed E-state index contributed by atoms with van der Waals surface area (Å²) in [5.41, 5.74) is 1.36. The van der Waals surface area contributed by atoms with Gasteiger partial charge in [-0.25, -0.2) is 4.39 Å². The molecule has 0 fully saturated rings. The molecule has 0 heterocycles. The Bertz CT molecular complexity index is 606. The van der Waals surface area contributed by atoms with Crippen LogP contribution in [0.15, 0.2) is 53.0 Å². The molecule has 104 valence electrons. The topological polar surface area (TPSA) is 29.1 Å². The highest BCUT2D eigenvalue weighted by molar-refractivity contribution is 9.10. The number of benzene rings is 2. The van der Waals surface area contributed by atoms with Gasteiger partial charge in [0, 0.05) is 10.2 Å².